The maximum Gasteiger partial charge on any atom is 0.290 e. The summed E-state index contributed by atoms with van der Waals surface area (Å²) in [6, 6.07) is 46.4. The van der Waals surface area contributed by atoms with Crippen molar-refractivity contribution < 1.29 is 4.79 Å². The largest absolute Gasteiger partial charge is 0.290 e. The number of halogens is 1. The molecule has 0 atom stereocenters. The van der Waals surface area contributed by atoms with Crippen molar-refractivity contribution >= 4 is 28.8 Å². The summed E-state index contributed by atoms with van der Waals surface area (Å²) in [4.78, 5) is 14.8. The molecule has 5 aromatic carbocycles. The minimum atomic E-state index is -0.423. The van der Waals surface area contributed by atoms with Gasteiger partial charge in [-0.1, -0.05) is 132 Å². The molecule has 0 aliphatic carbocycles. The fraction of sp³-hybridized carbons (Fsp3) is 0. The van der Waals surface area contributed by atoms with Crippen LogP contribution < -0.4 is 10.2 Å². The van der Waals surface area contributed by atoms with Gasteiger partial charge in [-0.2, -0.15) is 10.2 Å². The molecule has 0 unspecified atom stereocenters. The summed E-state index contributed by atoms with van der Waals surface area (Å²) in [6.45, 7) is 0. The third-order valence-electron chi connectivity index (χ3n) is 7.12. The molecule has 0 bridgehead atoms. The highest BCUT2D eigenvalue weighted by Crippen LogP contribution is 2.36. The van der Waals surface area contributed by atoms with Crippen LogP contribution in [0.3, 0.4) is 0 Å². The third kappa shape index (κ3) is 5.84. The highest BCUT2D eigenvalue weighted by molar-refractivity contribution is 7.12. The SMILES string of the molecule is O=C(N/N=c1\sc(-c2ccccc2)nn1-c1ccccc1)c1c(-c2ccc(Cl)cc2)c(-c2ccccc2)nn1-c1ccccc1. The molecule has 1 N–H and O–H groups in total. The maximum atomic E-state index is 14.3. The van der Waals surface area contributed by atoms with Crippen molar-refractivity contribution in [2.75, 3.05) is 0 Å². The summed E-state index contributed by atoms with van der Waals surface area (Å²) in [5.74, 6) is -0.423. The summed E-state index contributed by atoms with van der Waals surface area (Å²) >= 11 is 7.65. The topological polar surface area (TPSA) is 77.1 Å². The van der Waals surface area contributed by atoms with E-state index in [0.717, 1.165) is 33.1 Å². The Labute approximate surface area is 268 Å². The molecule has 45 heavy (non-hydrogen) atoms. The van der Waals surface area contributed by atoms with Crippen LogP contribution >= 0.6 is 22.9 Å². The Bertz CT molecular complexity index is 2140. The molecule has 9 heteroatoms. The number of hydrogen-bond donors (Lipinski definition) is 1. The molecular weight excluding hydrogens is 600 g/mol. The van der Waals surface area contributed by atoms with Crippen LogP contribution in [-0.4, -0.2) is 25.5 Å². The fourth-order valence-electron chi connectivity index (χ4n) is 5.01. The van der Waals surface area contributed by atoms with Gasteiger partial charge in [0.15, 0.2) is 0 Å². The molecule has 7 aromatic rings. The monoisotopic (exact) mass is 624 g/mol. The van der Waals surface area contributed by atoms with Crippen molar-refractivity contribution in [2.45, 2.75) is 0 Å². The zero-order valence-electron chi connectivity index (χ0n) is 23.8. The van der Waals surface area contributed by atoms with Crippen molar-refractivity contribution in [1.82, 2.24) is 25.0 Å². The third-order valence-corrected chi connectivity index (χ3v) is 8.33. The van der Waals surface area contributed by atoms with E-state index in [9.17, 15) is 4.79 Å². The van der Waals surface area contributed by atoms with Crippen LogP contribution in [0.25, 0.3) is 44.3 Å². The Morgan fingerprint density at radius 1 is 0.622 bits per heavy atom. The maximum absolute atomic E-state index is 14.3. The van der Waals surface area contributed by atoms with E-state index < -0.39 is 5.91 Å². The lowest BCUT2D eigenvalue weighted by Gasteiger charge is -2.09. The first-order valence-electron chi connectivity index (χ1n) is 14.2. The highest BCUT2D eigenvalue weighted by Gasteiger charge is 2.27. The van der Waals surface area contributed by atoms with Gasteiger partial charge in [-0.25, -0.2) is 14.8 Å². The zero-order chi connectivity index (χ0) is 30.6. The Balaban J connectivity index is 1.40. The molecule has 7 rings (SSSR count). The van der Waals surface area contributed by atoms with Gasteiger partial charge in [-0.15, -0.1) is 5.10 Å². The number of benzene rings is 5. The van der Waals surface area contributed by atoms with E-state index in [1.54, 1.807) is 9.36 Å². The zero-order valence-corrected chi connectivity index (χ0v) is 25.4. The van der Waals surface area contributed by atoms with Gasteiger partial charge in [0.05, 0.1) is 11.4 Å². The first-order valence-corrected chi connectivity index (χ1v) is 15.4. The number of rotatable bonds is 7. The van der Waals surface area contributed by atoms with E-state index in [2.05, 4.69) is 10.5 Å². The van der Waals surface area contributed by atoms with E-state index in [-0.39, 0.29) is 0 Å². The summed E-state index contributed by atoms with van der Waals surface area (Å²) in [5.41, 5.74) is 8.70. The van der Waals surface area contributed by atoms with Crippen LogP contribution in [0.15, 0.2) is 151 Å². The van der Waals surface area contributed by atoms with Crippen LogP contribution in [-0.2, 0) is 0 Å². The predicted molar refractivity (Wildman–Crippen MR) is 179 cm³/mol. The van der Waals surface area contributed by atoms with Crippen molar-refractivity contribution in [3.05, 3.63) is 161 Å². The Hall–Kier alpha value is -5.57. The summed E-state index contributed by atoms with van der Waals surface area (Å²) in [7, 11) is 0. The first kappa shape index (κ1) is 28.2. The number of aromatic nitrogens is 4. The molecule has 0 radical (unpaired) electrons. The molecule has 218 valence electrons. The normalized spacial score (nSPS) is 11.4. The molecular formula is C36H25ClN6OS. The second-order valence-corrected chi connectivity index (χ2v) is 11.4. The number of nitrogens with zero attached hydrogens (tertiary/aromatic N) is 5. The molecule has 0 spiro atoms. The van der Waals surface area contributed by atoms with Crippen molar-refractivity contribution in [2.24, 2.45) is 5.10 Å². The molecule has 0 fully saturated rings. The van der Waals surface area contributed by atoms with Crippen LogP contribution in [0.2, 0.25) is 5.02 Å². The van der Waals surface area contributed by atoms with E-state index in [1.807, 2.05) is 146 Å². The van der Waals surface area contributed by atoms with Crippen molar-refractivity contribution in [3.63, 3.8) is 0 Å². The van der Waals surface area contributed by atoms with Gasteiger partial charge in [-0.3, -0.25) is 4.79 Å². The second-order valence-electron chi connectivity index (χ2n) is 10.0. The molecule has 0 aliphatic rings. The number of nitrogens with one attached hydrogen (secondary N) is 1. The van der Waals surface area contributed by atoms with Gasteiger partial charge < -0.3 is 0 Å². The first-order chi connectivity index (χ1) is 22.2. The van der Waals surface area contributed by atoms with Crippen LogP contribution in [0.5, 0.6) is 0 Å². The quantitative estimate of drug-likeness (QED) is 0.182. The fourth-order valence-corrected chi connectivity index (χ4v) is 6.01. The lowest BCUT2D eigenvalue weighted by molar-refractivity contribution is 0.0946. The Kier molecular flexibility index (Phi) is 7.89. The lowest BCUT2D eigenvalue weighted by atomic mass is 9.98. The van der Waals surface area contributed by atoms with Crippen molar-refractivity contribution in [1.29, 1.82) is 0 Å². The molecule has 0 aliphatic heterocycles. The van der Waals surface area contributed by atoms with Gasteiger partial charge in [0, 0.05) is 21.7 Å². The average Bonchev–Trinajstić information content (AvgIpc) is 3.72. The van der Waals surface area contributed by atoms with Crippen LogP contribution in [0.4, 0.5) is 0 Å². The number of amides is 1. The van der Waals surface area contributed by atoms with E-state index in [4.69, 9.17) is 21.8 Å². The lowest BCUT2D eigenvalue weighted by Crippen LogP contribution is -2.26. The number of hydrogen-bond acceptors (Lipinski definition) is 5. The second kappa shape index (κ2) is 12.6. The van der Waals surface area contributed by atoms with Crippen molar-refractivity contribution in [3.8, 4) is 44.3 Å². The van der Waals surface area contributed by atoms with Gasteiger partial charge in [-0.05, 0) is 42.0 Å². The predicted octanol–water partition coefficient (Wildman–Crippen LogP) is 8.02. The number of carbonyl (C=O) groups excluding carboxylic acids is 1. The number of para-hydroxylation sites is 2. The minimum absolute atomic E-state index is 0.338. The standard InChI is InChI=1S/C36H25ClN6OS/c37-28-23-21-25(22-24-28)31-32(26-13-5-1-6-14-26)40-42(29-17-9-3-10-18-29)33(31)34(44)38-39-36-43(30-19-11-4-12-20-30)41-35(45-36)27-15-7-2-8-16-27/h1-24H,(H,38,44)/b39-36-. The minimum Gasteiger partial charge on any atom is -0.266 e. The van der Waals surface area contributed by atoms with Gasteiger partial charge in [0.2, 0.25) is 4.80 Å². The summed E-state index contributed by atoms with van der Waals surface area (Å²) in [6.07, 6.45) is 0. The van der Waals surface area contributed by atoms with Gasteiger partial charge in [0.1, 0.15) is 16.4 Å². The van der Waals surface area contributed by atoms with E-state index >= 15 is 0 Å². The Morgan fingerprint density at radius 2 is 1.16 bits per heavy atom. The Morgan fingerprint density at radius 3 is 1.76 bits per heavy atom. The molecule has 2 aromatic heterocycles. The molecule has 2 heterocycles. The van der Waals surface area contributed by atoms with Crippen LogP contribution in [0.1, 0.15) is 10.5 Å². The number of carbonyl (C=O) groups is 1. The van der Waals surface area contributed by atoms with E-state index in [1.165, 1.54) is 11.3 Å². The van der Waals surface area contributed by atoms with E-state index in [0.29, 0.717) is 26.8 Å². The molecule has 0 saturated heterocycles. The molecule has 0 saturated carbocycles. The molecule has 7 nitrogen and oxygen atoms in total. The molecule has 1 amide bonds. The van der Waals surface area contributed by atoms with Gasteiger partial charge >= 0.3 is 0 Å². The van der Waals surface area contributed by atoms with Crippen LogP contribution in [0, 0.1) is 0 Å². The average molecular weight is 625 g/mol. The van der Waals surface area contributed by atoms with Gasteiger partial charge in [0.25, 0.3) is 5.91 Å². The summed E-state index contributed by atoms with van der Waals surface area (Å²) in [5, 5.41) is 15.8. The smallest absolute Gasteiger partial charge is 0.266 e. The highest BCUT2D eigenvalue weighted by atomic mass is 35.5. The summed E-state index contributed by atoms with van der Waals surface area (Å²) < 4.78 is 3.40.